The molecule has 0 aromatic carbocycles. The molecule has 0 spiro atoms. The van der Waals surface area contributed by atoms with E-state index in [-0.39, 0.29) is 11.9 Å². The zero-order chi connectivity index (χ0) is 14.1. The predicted octanol–water partition coefficient (Wildman–Crippen LogP) is 3.23. The number of hydrogen-bond acceptors (Lipinski definition) is 3. The summed E-state index contributed by atoms with van der Waals surface area (Å²) in [4.78, 5) is 20.5. The molecule has 100 valence electrons. The zero-order valence-corrected chi connectivity index (χ0v) is 11.4. The highest BCUT2D eigenvalue weighted by Gasteiger charge is 2.32. The Labute approximate surface area is 104 Å². The summed E-state index contributed by atoms with van der Waals surface area (Å²) in [6.45, 7) is 12.1. The first-order chi connectivity index (χ1) is 7.69. The van der Waals surface area contributed by atoms with Gasteiger partial charge in [-0.15, -0.1) is 0 Å². The Bertz CT molecular complexity index is 256. The molecule has 0 amide bonds. The van der Waals surface area contributed by atoms with Gasteiger partial charge in [-0.05, 0) is 26.2 Å². The summed E-state index contributed by atoms with van der Waals surface area (Å²) < 4.78 is 4.17. The molecule has 0 radical (unpaired) electrons. The van der Waals surface area contributed by atoms with Crippen molar-refractivity contribution in [3.05, 3.63) is 12.8 Å². The largest absolute Gasteiger partial charge is 0.481 e. The number of carboxylic acids is 1. The molecule has 0 fully saturated rings. The van der Waals surface area contributed by atoms with Gasteiger partial charge in [-0.3, -0.25) is 9.59 Å². The third kappa shape index (κ3) is 8.48. The van der Waals surface area contributed by atoms with Crippen LogP contribution in [-0.2, 0) is 14.3 Å². The van der Waals surface area contributed by atoms with E-state index in [4.69, 9.17) is 5.11 Å². The van der Waals surface area contributed by atoms with Crippen molar-refractivity contribution in [3.63, 3.8) is 0 Å². The molecule has 1 atom stereocenters. The van der Waals surface area contributed by atoms with E-state index in [1.165, 1.54) is 6.92 Å². The fraction of sp³-hybridized carbons (Fsp3) is 0.692. The van der Waals surface area contributed by atoms with E-state index in [1.54, 1.807) is 13.8 Å². The molecular formula is C13H24O4. The highest BCUT2D eigenvalue weighted by Crippen LogP contribution is 2.29. The van der Waals surface area contributed by atoms with Gasteiger partial charge in [-0.1, -0.05) is 26.8 Å². The third-order valence-electron chi connectivity index (χ3n) is 2.75. The number of ether oxygens (including phenoxy) is 1. The van der Waals surface area contributed by atoms with Gasteiger partial charge in [0, 0.05) is 6.92 Å². The van der Waals surface area contributed by atoms with Gasteiger partial charge in [0.25, 0.3) is 0 Å². The van der Waals surface area contributed by atoms with Crippen molar-refractivity contribution >= 4 is 11.9 Å². The van der Waals surface area contributed by atoms with Gasteiger partial charge >= 0.3 is 11.9 Å². The minimum Gasteiger partial charge on any atom is -0.481 e. The highest BCUT2D eigenvalue weighted by molar-refractivity contribution is 5.73. The Morgan fingerprint density at radius 1 is 1.47 bits per heavy atom. The molecule has 0 rings (SSSR count). The first-order valence-corrected chi connectivity index (χ1v) is 5.71. The average Bonchev–Trinajstić information content (AvgIpc) is 2.18. The minimum absolute atomic E-state index is 0.255. The van der Waals surface area contributed by atoms with E-state index in [2.05, 4.69) is 18.2 Å². The van der Waals surface area contributed by atoms with Crippen LogP contribution in [-0.4, -0.2) is 17.0 Å². The van der Waals surface area contributed by atoms with Crippen LogP contribution >= 0.6 is 0 Å². The maximum absolute atomic E-state index is 10.7. The summed E-state index contributed by atoms with van der Waals surface area (Å²) in [5.74, 6) is -0.770. The molecule has 0 heterocycles. The van der Waals surface area contributed by atoms with Crippen LogP contribution in [0.5, 0.6) is 0 Å². The second kappa shape index (κ2) is 8.79. The van der Waals surface area contributed by atoms with Gasteiger partial charge in [-0.25, -0.2) is 0 Å². The fourth-order valence-corrected chi connectivity index (χ4v) is 1.12. The van der Waals surface area contributed by atoms with Crippen LogP contribution < -0.4 is 0 Å². The second-order valence-electron chi connectivity index (χ2n) is 4.49. The number of carbonyl (C=O) groups is 2. The van der Waals surface area contributed by atoms with E-state index in [1.807, 2.05) is 6.92 Å². The monoisotopic (exact) mass is 244 g/mol. The molecule has 0 aliphatic carbocycles. The van der Waals surface area contributed by atoms with E-state index >= 15 is 0 Å². The van der Waals surface area contributed by atoms with Crippen molar-refractivity contribution in [1.82, 2.24) is 0 Å². The lowest BCUT2D eigenvalue weighted by Crippen LogP contribution is -2.30. The third-order valence-corrected chi connectivity index (χ3v) is 2.75. The molecule has 0 aliphatic heterocycles. The Hall–Kier alpha value is -1.32. The molecule has 4 nitrogen and oxygen atoms in total. The highest BCUT2D eigenvalue weighted by atomic mass is 16.5. The summed E-state index contributed by atoms with van der Waals surface area (Å²) >= 11 is 0. The van der Waals surface area contributed by atoms with Crippen molar-refractivity contribution < 1.29 is 19.4 Å². The second-order valence-corrected chi connectivity index (χ2v) is 4.49. The molecule has 0 aromatic rings. The maximum Gasteiger partial charge on any atom is 0.309 e. The van der Waals surface area contributed by atoms with E-state index in [0.29, 0.717) is 0 Å². The first kappa shape index (κ1) is 18.1. The maximum atomic E-state index is 10.7. The van der Waals surface area contributed by atoms with Crippen LogP contribution in [0, 0.1) is 11.3 Å². The van der Waals surface area contributed by atoms with Gasteiger partial charge in [-0.2, -0.15) is 0 Å². The zero-order valence-electron chi connectivity index (χ0n) is 11.4. The molecule has 1 unspecified atom stereocenters. The van der Waals surface area contributed by atoms with Gasteiger partial charge in [0.2, 0.25) is 0 Å². The number of rotatable bonds is 5. The molecule has 17 heavy (non-hydrogen) atoms. The standard InChI is InChI=1S/C9H18O2.C4H6O2/c1-5-6-7(2)9(3,4)8(10)11;1-3-6-4(2)5/h7H,5-6H2,1-4H3,(H,10,11);3H,1H2,2H3. The minimum atomic E-state index is -0.696. The smallest absolute Gasteiger partial charge is 0.309 e. The summed E-state index contributed by atoms with van der Waals surface area (Å²) in [5.41, 5.74) is -0.573. The Morgan fingerprint density at radius 2 is 1.94 bits per heavy atom. The lowest BCUT2D eigenvalue weighted by Gasteiger charge is -2.26. The quantitative estimate of drug-likeness (QED) is 0.595. The first-order valence-electron chi connectivity index (χ1n) is 5.71. The van der Waals surface area contributed by atoms with E-state index in [9.17, 15) is 9.59 Å². The fourth-order valence-electron chi connectivity index (χ4n) is 1.12. The number of esters is 1. The molecule has 0 bridgehead atoms. The molecule has 0 aromatic heterocycles. The molecule has 0 saturated carbocycles. The van der Waals surface area contributed by atoms with Crippen molar-refractivity contribution in [1.29, 1.82) is 0 Å². The molecule has 4 heteroatoms. The van der Waals surface area contributed by atoms with Gasteiger partial charge < -0.3 is 9.84 Å². The van der Waals surface area contributed by atoms with E-state index < -0.39 is 11.4 Å². The SMILES string of the molecule is C=COC(C)=O.CCCC(C)C(C)(C)C(=O)O. The van der Waals surface area contributed by atoms with Gasteiger partial charge in [0.1, 0.15) is 0 Å². The molecule has 1 N–H and O–H groups in total. The number of hydrogen-bond donors (Lipinski definition) is 1. The van der Waals surface area contributed by atoms with Crippen molar-refractivity contribution in [2.24, 2.45) is 11.3 Å². The topological polar surface area (TPSA) is 63.6 Å². The summed E-state index contributed by atoms with van der Waals surface area (Å²) in [6, 6.07) is 0. The van der Waals surface area contributed by atoms with Gasteiger partial charge in [0.15, 0.2) is 0 Å². The molecule has 0 aliphatic rings. The van der Waals surface area contributed by atoms with Gasteiger partial charge in [0.05, 0.1) is 11.7 Å². The molecule has 0 saturated heterocycles. The predicted molar refractivity (Wildman–Crippen MR) is 67.5 cm³/mol. The van der Waals surface area contributed by atoms with Crippen LogP contribution in [0.2, 0.25) is 0 Å². The van der Waals surface area contributed by atoms with Crippen LogP contribution in [0.1, 0.15) is 47.5 Å². The number of aliphatic carboxylic acids is 1. The number of carbonyl (C=O) groups excluding carboxylic acids is 1. The Balaban J connectivity index is 0. The summed E-state index contributed by atoms with van der Waals surface area (Å²) in [7, 11) is 0. The lowest BCUT2D eigenvalue weighted by molar-refractivity contribution is -0.149. The van der Waals surface area contributed by atoms with Crippen molar-refractivity contribution in [2.75, 3.05) is 0 Å². The summed E-state index contributed by atoms with van der Waals surface area (Å²) in [6.07, 6.45) is 3.14. The average molecular weight is 244 g/mol. The Kier molecular flexibility index (Phi) is 9.33. The Morgan fingerprint density at radius 3 is 2.12 bits per heavy atom. The molecular weight excluding hydrogens is 220 g/mol. The van der Waals surface area contributed by atoms with Crippen LogP contribution in [0.15, 0.2) is 12.8 Å². The van der Waals surface area contributed by atoms with Crippen LogP contribution in [0.25, 0.3) is 0 Å². The lowest BCUT2D eigenvalue weighted by atomic mass is 9.78. The number of carboxylic acid groups (broad SMARTS) is 1. The van der Waals surface area contributed by atoms with Crippen molar-refractivity contribution in [2.45, 2.75) is 47.5 Å². The summed E-state index contributed by atoms with van der Waals surface area (Å²) in [5, 5.41) is 8.84. The van der Waals surface area contributed by atoms with Crippen molar-refractivity contribution in [3.8, 4) is 0 Å². The van der Waals surface area contributed by atoms with Crippen LogP contribution in [0.3, 0.4) is 0 Å². The van der Waals surface area contributed by atoms with Crippen LogP contribution in [0.4, 0.5) is 0 Å². The van der Waals surface area contributed by atoms with E-state index in [0.717, 1.165) is 19.1 Å². The normalized spacial score (nSPS) is 11.8.